The monoisotopic (exact) mass is 359 g/mol. The van der Waals surface area contributed by atoms with Crippen molar-refractivity contribution in [2.45, 2.75) is 38.2 Å². The van der Waals surface area contributed by atoms with Crippen LogP contribution in [0.3, 0.4) is 0 Å². The maximum absolute atomic E-state index is 11.8. The molecule has 1 aliphatic rings. The molecule has 2 rings (SSSR count). The van der Waals surface area contributed by atoms with Crippen LogP contribution in [0.4, 0.5) is 5.69 Å². The number of anilines is 1. The molecule has 0 saturated carbocycles. The topological polar surface area (TPSA) is 81.7 Å². The second-order valence-electron chi connectivity index (χ2n) is 6.83. The fraction of sp³-hybridized carbons (Fsp3) is 0.500. The van der Waals surface area contributed by atoms with E-state index in [0.29, 0.717) is 12.1 Å². The highest BCUT2D eigenvalue weighted by Gasteiger charge is 2.16. The minimum atomic E-state index is -0.852. The van der Waals surface area contributed by atoms with Gasteiger partial charge in [0.05, 0.1) is 6.10 Å². The molecule has 1 aromatic carbocycles. The van der Waals surface area contributed by atoms with Gasteiger partial charge in [-0.3, -0.25) is 9.59 Å². The highest BCUT2D eigenvalue weighted by atomic mass is 16.3. The first-order valence-corrected chi connectivity index (χ1v) is 9.16. The normalized spacial score (nSPS) is 15.0. The third-order valence-electron chi connectivity index (χ3n) is 4.57. The Balaban J connectivity index is 1.70. The van der Waals surface area contributed by atoms with Gasteiger partial charge in [0.2, 0.25) is 0 Å². The maximum Gasteiger partial charge on any atom is 0.309 e. The van der Waals surface area contributed by atoms with Gasteiger partial charge in [-0.1, -0.05) is 23.8 Å². The number of aliphatic hydroxyl groups excluding tert-OH is 1. The number of aliphatic hydroxyl groups is 1. The number of rotatable bonds is 7. The third-order valence-corrected chi connectivity index (χ3v) is 4.57. The van der Waals surface area contributed by atoms with Gasteiger partial charge < -0.3 is 20.6 Å². The molecule has 1 atom stereocenters. The smallest absolute Gasteiger partial charge is 0.309 e. The van der Waals surface area contributed by atoms with Crippen molar-refractivity contribution in [3.8, 4) is 0 Å². The fourth-order valence-corrected chi connectivity index (χ4v) is 2.93. The summed E-state index contributed by atoms with van der Waals surface area (Å²) in [5.74, 6) is -1.37. The number of hydrogen-bond acceptors (Lipinski definition) is 4. The molecule has 6 nitrogen and oxygen atoms in total. The zero-order valence-corrected chi connectivity index (χ0v) is 15.6. The Kier molecular flexibility index (Phi) is 7.66. The molecule has 1 aromatic rings. The summed E-state index contributed by atoms with van der Waals surface area (Å²) in [5, 5.41) is 15.3. The first-order chi connectivity index (χ1) is 12.5. The quantitative estimate of drug-likeness (QED) is 0.513. The average molecular weight is 359 g/mol. The van der Waals surface area contributed by atoms with Crippen LogP contribution in [0.2, 0.25) is 0 Å². The van der Waals surface area contributed by atoms with E-state index in [0.717, 1.165) is 24.9 Å². The van der Waals surface area contributed by atoms with Gasteiger partial charge >= 0.3 is 11.8 Å². The molecule has 2 amide bonds. The predicted octanol–water partition coefficient (Wildman–Crippen LogP) is 1.91. The van der Waals surface area contributed by atoms with Crippen LogP contribution >= 0.6 is 0 Å². The van der Waals surface area contributed by atoms with E-state index in [2.05, 4.69) is 16.7 Å². The number of benzene rings is 1. The molecule has 0 radical (unpaired) electrons. The second kappa shape index (κ2) is 9.97. The van der Waals surface area contributed by atoms with Gasteiger partial charge in [-0.05, 0) is 49.8 Å². The summed E-state index contributed by atoms with van der Waals surface area (Å²) in [6.07, 6.45) is 6.80. The number of allylic oxidation sites excluding steroid dienone is 1. The van der Waals surface area contributed by atoms with Crippen molar-refractivity contribution < 1.29 is 14.7 Å². The van der Waals surface area contributed by atoms with Crippen molar-refractivity contribution >= 4 is 17.5 Å². The van der Waals surface area contributed by atoms with Crippen LogP contribution in [-0.2, 0) is 9.59 Å². The molecule has 0 heterocycles. The Labute approximate surface area is 155 Å². The molecule has 6 heteroatoms. The van der Waals surface area contributed by atoms with Gasteiger partial charge in [0.15, 0.2) is 0 Å². The SMILES string of the molecule is CN(C)c1ccc(C(O)CNC(=O)C(=O)NCCC2=CCCCC2)cc1. The molecule has 0 aliphatic heterocycles. The summed E-state index contributed by atoms with van der Waals surface area (Å²) in [6.45, 7) is 0.464. The molecule has 0 spiro atoms. The lowest BCUT2D eigenvalue weighted by Gasteiger charge is -2.16. The number of carbonyl (C=O) groups is 2. The van der Waals surface area contributed by atoms with Gasteiger partial charge in [0.1, 0.15) is 0 Å². The van der Waals surface area contributed by atoms with Crippen molar-refractivity contribution in [3.63, 3.8) is 0 Å². The molecule has 0 aromatic heterocycles. The molecular formula is C20H29N3O3. The Morgan fingerprint density at radius 2 is 1.81 bits per heavy atom. The summed E-state index contributed by atoms with van der Waals surface area (Å²) in [7, 11) is 3.88. The Morgan fingerprint density at radius 1 is 1.12 bits per heavy atom. The first-order valence-electron chi connectivity index (χ1n) is 9.16. The molecule has 142 valence electrons. The summed E-state index contributed by atoms with van der Waals surface area (Å²) < 4.78 is 0. The lowest BCUT2D eigenvalue weighted by molar-refractivity contribution is -0.139. The molecule has 26 heavy (non-hydrogen) atoms. The van der Waals surface area contributed by atoms with Crippen LogP contribution in [-0.4, -0.2) is 44.1 Å². The zero-order chi connectivity index (χ0) is 18.9. The van der Waals surface area contributed by atoms with Crippen LogP contribution in [0.25, 0.3) is 0 Å². The maximum atomic E-state index is 11.8. The Morgan fingerprint density at radius 3 is 2.42 bits per heavy atom. The average Bonchev–Trinajstić information content (AvgIpc) is 2.66. The van der Waals surface area contributed by atoms with E-state index in [9.17, 15) is 14.7 Å². The van der Waals surface area contributed by atoms with Gasteiger partial charge in [0, 0.05) is 32.9 Å². The van der Waals surface area contributed by atoms with Crippen molar-refractivity contribution in [2.75, 3.05) is 32.1 Å². The molecule has 1 unspecified atom stereocenters. The largest absolute Gasteiger partial charge is 0.387 e. The standard InChI is InChI=1S/C20H29N3O3/c1-23(2)17-10-8-16(9-11-17)18(24)14-22-20(26)19(25)21-13-12-15-6-4-3-5-7-15/h6,8-11,18,24H,3-5,7,12-14H2,1-2H3,(H,21,25)(H,22,26). The first kappa shape index (κ1) is 20.0. The third kappa shape index (κ3) is 6.19. The summed E-state index contributed by atoms with van der Waals surface area (Å²) in [4.78, 5) is 25.6. The van der Waals surface area contributed by atoms with Crippen LogP contribution in [0.1, 0.15) is 43.8 Å². The van der Waals surface area contributed by atoms with Crippen LogP contribution in [0.5, 0.6) is 0 Å². The van der Waals surface area contributed by atoms with Gasteiger partial charge in [-0.2, -0.15) is 0 Å². The highest BCUT2D eigenvalue weighted by Crippen LogP contribution is 2.19. The van der Waals surface area contributed by atoms with E-state index in [-0.39, 0.29) is 6.54 Å². The molecule has 1 aliphatic carbocycles. The van der Waals surface area contributed by atoms with E-state index in [1.807, 2.05) is 43.3 Å². The predicted molar refractivity (Wildman–Crippen MR) is 103 cm³/mol. The van der Waals surface area contributed by atoms with Crippen molar-refractivity contribution in [3.05, 3.63) is 41.5 Å². The minimum absolute atomic E-state index is 0.00127. The minimum Gasteiger partial charge on any atom is -0.387 e. The highest BCUT2D eigenvalue weighted by molar-refractivity contribution is 6.35. The number of hydrogen-bond donors (Lipinski definition) is 3. The van der Waals surface area contributed by atoms with Gasteiger partial charge in [0.25, 0.3) is 0 Å². The summed E-state index contributed by atoms with van der Waals surface area (Å²) in [5.41, 5.74) is 3.08. The van der Waals surface area contributed by atoms with Crippen LogP contribution in [0.15, 0.2) is 35.9 Å². The van der Waals surface area contributed by atoms with E-state index in [1.165, 1.54) is 18.4 Å². The molecule has 0 bridgehead atoms. The second-order valence-corrected chi connectivity index (χ2v) is 6.83. The number of amides is 2. The fourth-order valence-electron chi connectivity index (χ4n) is 2.93. The lowest BCUT2D eigenvalue weighted by atomic mass is 9.97. The summed E-state index contributed by atoms with van der Waals surface area (Å²) >= 11 is 0. The Bertz CT molecular complexity index is 638. The van der Waals surface area contributed by atoms with E-state index in [1.54, 1.807) is 0 Å². The molecule has 3 N–H and O–H groups in total. The van der Waals surface area contributed by atoms with E-state index in [4.69, 9.17) is 0 Å². The van der Waals surface area contributed by atoms with E-state index < -0.39 is 17.9 Å². The van der Waals surface area contributed by atoms with Crippen molar-refractivity contribution in [2.24, 2.45) is 0 Å². The number of carbonyl (C=O) groups excluding carboxylic acids is 2. The molecular weight excluding hydrogens is 330 g/mol. The summed E-state index contributed by atoms with van der Waals surface area (Å²) in [6, 6.07) is 7.41. The van der Waals surface area contributed by atoms with E-state index >= 15 is 0 Å². The molecule has 0 saturated heterocycles. The van der Waals surface area contributed by atoms with Crippen molar-refractivity contribution in [1.29, 1.82) is 0 Å². The zero-order valence-electron chi connectivity index (χ0n) is 15.6. The number of nitrogens with zero attached hydrogens (tertiary/aromatic N) is 1. The van der Waals surface area contributed by atoms with Gasteiger partial charge in [-0.25, -0.2) is 0 Å². The van der Waals surface area contributed by atoms with Crippen molar-refractivity contribution in [1.82, 2.24) is 10.6 Å². The lowest BCUT2D eigenvalue weighted by Crippen LogP contribution is -2.41. The number of nitrogens with one attached hydrogen (secondary N) is 2. The van der Waals surface area contributed by atoms with Crippen LogP contribution in [0, 0.1) is 0 Å². The van der Waals surface area contributed by atoms with Crippen LogP contribution < -0.4 is 15.5 Å². The van der Waals surface area contributed by atoms with Gasteiger partial charge in [-0.15, -0.1) is 0 Å². The molecule has 0 fully saturated rings. The Hall–Kier alpha value is -2.34.